The van der Waals surface area contributed by atoms with Crippen LogP contribution in [0.25, 0.3) is 10.9 Å². The van der Waals surface area contributed by atoms with E-state index in [4.69, 9.17) is 33.2 Å². The summed E-state index contributed by atoms with van der Waals surface area (Å²) < 4.78 is 82.1. The molecule has 2 heterocycles. The molecule has 0 saturated heterocycles. The van der Waals surface area contributed by atoms with Crippen LogP contribution in [0, 0.1) is 0 Å². The Hall–Kier alpha value is -3.77. The van der Waals surface area contributed by atoms with Crippen LogP contribution < -0.4 is 18.9 Å². The molecular weight excluding hydrogens is 535 g/mol. The zero-order valence-corrected chi connectivity index (χ0v) is 22.9. The highest BCUT2D eigenvalue weighted by Gasteiger charge is 2.64. The lowest BCUT2D eigenvalue weighted by Gasteiger charge is -2.38. The summed E-state index contributed by atoms with van der Waals surface area (Å²) >= 11 is 0. The van der Waals surface area contributed by atoms with Crippen molar-refractivity contribution in [3.05, 3.63) is 53.6 Å². The molecule has 12 heteroatoms. The maximum absolute atomic E-state index is 14.6. The van der Waals surface area contributed by atoms with Gasteiger partial charge in [-0.3, -0.25) is 0 Å². The van der Waals surface area contributed by atoms with Crippen LogP contribution in [0.2, 0.25) is 0 Å². The number of hydrogen-bond acceptors (Lipinski definition) is 9. The Morgan fingerprint density at radius 1 is 0.975 bits per heavy atom. The van der Waals surface area contributed by atoms with E-state index in [9.17, 15) is 18.0 Å². The van der Waals surface area contributed by atoms with Gasteiger partial charge >= 0.3 is 12.1 Å². The van der Waals surface area contributed by atoms with Crippen LogP contribution >= 0.6 is 0 Å². The van der Waals surface area contributed by atoms with Gasteiger partial charge in [0.2, 0.25) is 12.7 Å². The molecule has 1 aliphatic rings. The number of pyridine rings is 1. The second-order valence-electron chi connectivity index (χ2n) is 9.48. The number of fused-ring (bicyclic) bond motifs is 3. The van der Waals surface area contributed by atoms with Crippen LogP contribution in [0.3, 0.4) is 0 Å². The third-order valence-corrected chi connectivity index (χ3v) is 7.01. The van der Waals surface area contributed by atoms with Gasteiger partial charge in [0.05, 0.1) is 25.4 Å². The molecule has 1 aliphatic heterocycles. The number of alkyl halides is 3. The van der Waals surface area contributed by atoms with E-state index in [1.807, 2.05) is 0 Å². The smallest absolute Gasteiger partial charge is 0.432 e. The van der Waals surface area contributed by atoms with Crippen molar-refractivity contribution in [3.8, 4) is 23.1 Å². The van der Waals surface area contributed by atoms with Crippen molar-refractivity contribution in [1.82, 2.24) is 4.98 Å². The van der Waals surface area contributed by atoms with Crippen LogP contribution in [0.4, 0.5) is 13.2 Å². The summed E-state index contributed by atoms with van der Waals surface area (Å²) in [7, 11) is 4.98. The number of aromatic nitrogens is 1. The Morgan fingerprint density at radius 3 is 2.25 bits per heavy atom. The fourth-order valence-electron chi connectivity index (χ4n) is 4.61. The van der Waals surface area contributed by atoms with Gasteiger partial charge < -0.3 is 33.2 Å². The number of halogens is 3. The monoisotopic (exact) mass is 565 g/mol. The standard InChI is InChI=1S/C28H30F3NO8/c1-26(2,36-5)20(40-25(33)27(37-6,28(29,30)31)16-10-8-7-9-11-16)14-18-22(34-3)17-12-13-19-23(39-15-38-19)21(17)32-24(18)35-4/h7-13,20H,14-15H2,1-6H3/t20-,27-/m0/s1. The first kappa shape index (κ1) is 29.2. The number of esters is 1. The SMILES string of the molecule is COc1nc2c3c(ccc2c(OC)c1C[C@H](OC(=O)[C@@](OC)(c1ccccc1)C(F)(F)F)C(C)(C)OC)OCO3. The normalized spacial score (nSPS) is 15.4. The van der Waals surface area contributed by atoms with Gasteiger partial charge in [0.25, 0.3) is 5.60 Å². The number of nitrogens with zero attached hydrogens (tertiary/aromatic N) is 1. The molecule has 0 spiro atoms. The van der Waals surface area contributed by atoms with Gasteiger partial charge in [0.1, 0.15) is 17.4 Å². The van der Waals surface area contributed by atoms with Crippen molar-refractivity contribution >= 4 is 16.9 Å². The molecule has 0 amide bonds. The van der Waals surface area contributed by atoms with Crippen LogP contribution in [0.1, 0.15) is 25.0 Å². The van der Waals surface area contributed by atoms with E-state index in [1.54, 1.807) is 26.0 Å². The molecule has 0 fully saturated rings. The topological polar surface area (TPSA) is 94.6 Å². The third-order valence-electron chi connectivity index (χ3n) is 7.01. The van der Waals surface area contributed by atoms with Crippen LogP contribution in [0.15, 0.2) is 42.5 Å². The van der Waals surface area contributed by atoms with Crippen molar-refractivity contribution in [3.63, 3.8) is 0 Å². The van der Waals surface area contributed by atoms with Crippen molar-refractivity contribution < 1.29 is 51.1 Å². The van der Waals surface area contributed by atoms with Crippen LogP contribution in [0.5, 0.6) is 23.1 Å². The van der Waals surface area contributed by atoms with Gasteiger partial charge in [-0.15, -0.1) is 0 Å². The highest BCUT2D eigenvalue weighted by atomic mass is 19.4. The van der Waals surface area contributed by atoms with Crippen LogP contribution in [-0.2, 0) is 31.0 Å². The molecule has 3 aromatic rings. The molecule has 0 aliphatic carbocycles. The Labute approximate surface area is 229 Å². The minimum absolute atomic E-state index is 0.0183. The van der Waals surface area contributed by atoms with E-state index >= 15 is 0 Å². The first-order valence-electron chi connectivity index (χ1n) is 12.2. The summed E-state index contributed by atoms with van der Waals surface area (Å²) in [4.78, 5) is 18.1. The summed E-state index contributed by atoms with van der Waals surface area (Å²) in [5.74, 6) is -0.353. The van der Waals surface area contributed by atoms with Gasteiger partial charge in [-0.05, 0) is 26.0 Å². The Morgan fingerprint density at radius 2 is 1.68 bits per heavy atom. The molecule has 0 radical (unpaired) electrons. The van der Waals surface area contributed by atoms with Gasteiger partial charge in [-0.25, -0.2) is 9.78 Å². The Balaban J connectivity index is 1.83. The summed E-state index contributed by atoms with van der Waals surface area (Å²) in [6, 6.07) is 9.99. The zero-order chi connectivity index (χ0) is 29.3. The minimum Gasteiger partial charge on any atom is -0.496 e. The largest absolute Gasteiger partial charge is 0.496 e. The van der Waals surface area contributed by atoms with E-state index < -0.39 is 35.0 Å². The molecule has 0 N–H and O–H groups in total. The molecule has 9 nitrogen and oxygen atoms in total. The van der Waals surface area contributed by atoms with Gasteiger partial charge in [-0.1, -0.05) is 30.3 Å². The number of benzene rings is 2. The molecule has 0 unspecified atom stereocenters. The van der Waals surface area contributed by atoms with E-state index in [0.717, 1.165) is 19.2 Å². The van der Waals surface area contributed by atoms with E-state index in [2.05, 4.69) is 4.98 Å². The second kappa shape index (κ2) is 11.0. The van der Waals surface area contributed by atoms with Gasteiger partial charge in [0.15, 0.2) is 11.5 Å². The number of rotatable bonds is 10. The van der Waals surface area contributed by atoms with Crippen molar-refractivity contribution in [2.24, 2.45) is 0 Å². The van der Waals surface area contributed by atoms with E-state index in [-0.39, 0.29) is 19.1 Å². The minimum atomic E-state index is -5.15. The molecule has 2 aromatic carbocycles. The van der Waals surface area contributed by atoms with Crippen LogP contribution in [-0.4, -0.2) is 64.1 Å². The lowest BCUT2D eigenvalue weighted by atomic mass is 9.91. The number of hydrogen-bond donors (Lipinski definition) is 0. The lowest BCUT2D eigenvalue weighted by molar-refractivity contribution is -0.281. The molecule has 1 aromatic heterocycles. The number of methoxy groups -OCH3 is 4. The highest BCUT2D eigenvalue weighted by Crippen LogP contribution is 2.46. The molecule has 0 saturated carbocycles. The molecule has 40 heavy (non-hydrogen) atoms. The molecular formula is C28H30F3NO8. The van der Waals surface area contributed by atoms with Crippen molar-refractivity contribution in [2.75, 3.05) is 35.2 Å². The maximum Gasteiger partial charge on any atom is 0.432 e. The zero-order valence-electron chi connectivity index (χ0n) is 22.9. The fourth-order valence-corrected chi connectivity index (χ4v) is 4.61. The highest BCUT2D eigenvalue weighted by molar-refractivity contribution is 5.94. The average molecular weight is 566 g/mol. The van der Waals surface area contributed by atoms with Crippen molar-refractivity contribution in [1.29, 1.82) is 0 Å². The lowest BCUT2D eigenvalue weighted by Crippen LogP contribution is -2.54. The molecule has 2 atom stereocenters. The maximum atomic E-state index is 14.6. The first-order valence-corrected chi connectivity index (χ1v) is 12.2. The summed E-state index contributed by atoms with van der Waals surface area (Å²) in [5.41, 5.74) is -4.33. The quantitative estimate of drug-likeness (QED) is 0.316. The predicted molar refractivity (Wildman–Crippen MR) is 137 cm³/mol. The average Bonchev–Trinajstić information content (AvgIpc) is 3.42. The first-order chi connectivity index (χ1) is 18.9. The fraction of sp³-hybridized carbons (Fsp3) is 0.429. The third kappa shape index (κ3) is 4.86. The number of carbonyl (C=O) groups excluding carboxylic acids is 1. The van der Waals surface area contributed by atoms with Gasteiger partial charge in [-0.2, -0.15) is 13.2 Å². The summed E-state index contributed by atoms with van der Waals surface area (Å²) in [6.45, 7) is 3.19. The summed E-state index contributed by atoms with van der Waals surface area (Å²) in [5, 5.41) is 0.536. The van der Waals surface area contributed by atoms with E-state index in [1.165, 1.54) is 39.5 Å². The number of ether oxygens (including phenoxy) is 7. The Kier molecular flexibility index (Phi) is 8.04. The molecule has 216 valence electrons. The number of carbonyl (C=O) groups is 1. The van der Waals surface area contributed by atoms with E-state index in [0.29, 0.717) is 33.7 Å². The molecule has 4 rings (SSSR count). The van der Waals surface area contributed by atoms with Crippen molar-refractivity contribution in [2.45, 2.75) is 43.8 Å². The predicted octanol–water partition coefficient (Wildman–Crippen LogP) is 4.96. The van der Waals surface area contributed by atoms with Gasteiger partial charge in [0, 0.05) is 31.6 Å². The Bertz CT molecular complexity index is 1380. The molecule has 0 bridgehead atoms. The second-order valence-corrected chi connectivity index (χ2v) is 9.48. The summed E-state index contributed by atoms with van der Waals surface area (Å²) in [6.07, 6.45) is -6.60.